The Labute approximate surface area is 79.5 Å². The van der Waals surface area contributed by atoms with Crippen LogP contribution in [-0.2, 0) is 4.79 Å². The Hall–Kier alpha value is -0.570. The molecule has 13 heavy (non-hydrogen) atoms. The summed E-state index contributed by atoms with van der Waals surface area (Å²) in [6.07, 6.45) is 4.01. The van der Waals surface area contributed by atoms with E-state index < -0.39 is 0 Å². The Morgan fingerprint density at radius 1 is 1.54 bits per heavy atom. The van der Waals surface area contributed by atoms with Crippen molar-refractivity contribution in [2.24, 2.45) is 11.8 Å². The van der Waals surface area contributed by atoms with Gasteiger partial charge in [0.25, 0.3) is 0 Å². The smallest absolute Gasteiger partial charge is 0.237 e. The summed E-state index contributed by atoms with van der Waals surface area (Å²) >= 11 is 0. The van der Waals surface area contributed by atoms with E-state index in [0.717, 1.165) is 25.0 Å². The number of carbonyl (C=O) groups excluding carboxylic acids is 1. The van der Waals surface area contributed by atoms with Crippen LogP contribution in [0.1, 0.15) is 26.2 Å². The fourth-order valence-electron chi connectivity index (χ4n) is 2.44. The van der Waals surface area contributed by atoms with Crippen LogP contribution in [0.3, 0.4) is 0 Å². The van der Waals surface area contributed by atoms with E-state index in [0.29, 0.717) is 6.54 Å². The van der Waals surface area contributed by atoms with Crippen molar-refractivity contribution in [3.05, 3.63) is 0 Å². The summed E-state index contributed by atoms with van der Waals surface area (Å²) in [5.41, 5.74) is 0. The molecule has 2 atom stereocenters. The first-order valence-corrected chi connectivity index (χ1v) is 5.26. The van der Waals surface area contributed by atoms with E-state index in [1.54, 1.807) is 0 Å². The van der Waals surface area contributed by atoms with Gasteiger partial charge < -0.3 is 4.90 Å². The van der Waals surface area contributed by atoms with Gasteiger partial charge in [-0.2, -0.15) is 0 Å². The Bertz CT molecular complexity index is 205. The summed E-state index contributed by atoms with van der Waals surface area (Å²) in [6.45, 7) is 4.60. The topological polar surface area (TPSA) is 32.3 Å². The third kappa shape index (κ3) is 1.85. The van der Waals surface area contributed by atoms with E-state index in [1.165, 1.54) is 19.3 Å². The third-order valence-electron chi connectivity index (χ3n) is 3.43. The molecule has 1 heterocycles. The highest BCUT2D eigenvalue weighted by atomic mass is 16.2. The van der Waals surface area contributed by atoms with E-state index >= 15 is 0 Å². The quantitative estimate of drug-likeness (QED) is 0.685. The van der Waals surface area contributed by atoms with Crippen molar-refractivity contribution in [2.45, 2.75) is 26.2 Å². The lowest BCUT2D eigenvalue weighted by atomic mass is 9.98. The summed E-state index contributed by atoms with van der Waals surface area (Å²) in [5, 5.41) is 3.09. The average Bonchev–Trinajstić information content (AvgIpc) is 2.65. The first kappa shape index (κ1) is 9.00. The van der Waals surface area contributed by atoms with Gasteiger partial charge in [-0.05, 0) is 18.3 Å². The molecule has 1 aliphatic heterocycles. The van der Waals surface area contributed by atoms with Crippen molar-refractivity contribution in [1.29, 1.82) is 0 Å². The van der Waals surface area contributed by atoms with Crippen molar-refractivity contribution in [1.82, 2.24) is 10.2 Å². The molecular weight excluding hydrogens is 164 g/mol. The first-order valence-electron chi connectivity index (χ1n) is 5.26. The van der Waals surface area contributed by atoms with Crippen molar-refractivity contribution < 1.29 is 4.79 Å². The highest BCUT2D eigenvalue weighted by molar-refractivity contribution is 5.79. The number of rotatable bonds is 2. The zero-order valence-corrected chi connectivity index (χ0v) is 8.25. The molecule has 0 spiro atoms. The fourth-order valence-corrected chi connectivity index (χ4v) is 2.44. The third-order valence-corrected chi connectivity index (χ3v) is 3.43. The van der Waals surface area contributed by atoms with E-state index in [1.807, 2.05) is 4.90 Å². The summed E-state index contributed by atoms with van der Waals surface area (Å²) in [5.74, 6) is 1.84. The van der Waals surface area contributed by atoms with Gasteiger partial charge in [-0.1, -0.05) is 19.8 Å². The lowest BCUT2D eigenvalue weighted by molar-refractivity contribution is -0.127. The van der Waals surface area contributed by atoms with Crippen LogP contribution in [0.15, 0.2) is 0 Å². The van der Waals surface area contributed by atoms with Crippen LogP contribution >= 0.6 is 0 Å². The molecule has 0 aromatic heterocycles. The molecule has 2 aliphatic rings. The van der Waals surface area contributed by atoms with Crippen LogP contribution in [0, 0.1) is 11.8 Å². The molecule has 1 saturated heterocycles. The Balaban J connectivity index is 1.86. The molecule has 1 saturated carbocycles. The molecule has 0 radical (unpaired) electrons. The number of amides is 1. The molecule has 1 amide bonds. The highest BCUT2D eigenvalue weighted by Crippen LogP contribution is 2.31. The molecule has 0 aromatic rings. The molecule has 1 aliphatic carbocycles. The second-order valence-electron chi connectivity index (χ2n) is 4.37. The number of nitrogens with zero attached hydrogens (tertiary/aromatic N) is 1. The summed E-state index contributed by atoms with van der Waals surface area (Å²) < 4.78 is 0. The largest absolute Gasteiger partial charge is 0.329 e. The van der Waals surface area contributed by atoms with E-state index in [2.05, 4.69) is 12.2 Å². The zero-order chi connectivity index (χ0) is 9.26. The van der Waals surface area contributed by atoms with Crippen LogP contribution in [-0.4, -0.2) is 30.6 Å². The zero-order valence-electron chi connectivity index (χ0n) is 8.25. The maximum absolute atomic E-state index is 11.3. The van der Waals surface area contributed by atoms with Crippen molar-refractivity contribution in [3.8, 4) is 0 Å². The lowest BCUT2D eigenvalue weighted by Gasteiger charge is -2.22. The van der Waals surface area contributed by atoms with Gasteiger partial charge in [0.15, 0.2) is 0 Å². The van der Waals surface area contributed by atoms with Gasteiger partial charge in [-0.25, -0.2) is 0 Å². The van der Waals surface area contributed by atoms with Crippen molar-refractivity contribution in [3.63, 3.8) is 0 Å². The number of hydrogen-bond donors (Lipinski definition) is 1. The minimum atomic E-state index is 0.277. The monoisotopic (exact) mass is 182 g/mol. The van der Waals surface area contributed by atoms with Crippen LogP contribution in [0.2, 0.25) is 0 Å². The minimum Gasteiger partial charge on any atom is -0.329 e. The van der Waals surface area contributed by atoms with Gasteiger partial charge in [0.1, 0.15) is 0 Å². The van der Waals surface area contributed by atoms with Gasteiger partial charge >= 0.3 is 0 Å². The van der Waals surface area contributed by atoms with E-state index in [-0.39, 0.29) is 5.91 Å². The molecule has 74 valence electrons. The average molecular weight is 182 g/mol. The summed E-state index contributed by atoms with van der Waals surface area (Å²) in [4.78, 5) is 13.3. The van der Waals surface area contributed by atoms with Gasteiger partial charge in [0, 0.05) is 6.54 Å². The molecule has 0 aromatic carbocycles. The van der Waals surface area contributed by atoms with E-state index in [4.69, 9.17) is 0 Å². The summed E-state index contributed by atoms with van der Waals surface area (Å²) in [7, 11) is 0. The Morgan fingerprint density at radius 2 is 2.38 bits per heavy atom. The molecule has 1 N–H and O–H groups in total. The first-order chi connectivity index (χ1) is 6.27. The van der Waals surface area contributed by atoms with Gasteiger partial charge in [-0.3, -0.25) is 10.1 Å². The predicted molar refractivity (Wildman–Crippen MR) is 51.1 cm³/mol. The SMILES string of the molecule is CC1CCCC1CN1CNCC1=O. The fraction of sp³-hybridized carbons (Fsp3) is 0.900. The Morgan fingerprint density at radius 3 is 2.92 bits per heavy atom. The molecule has 3 nitrogen and oxygen atoms in total. The molecule has 0 bridgehead atoms. The Kier molecular flexibility index (Phi) is 2.54. The highest BCUT2D eigenvalue weighted by Gasteiger charge is 2.28. The minimum absolute atomic E-state index is 0.277. The van der Waals surface area contributed by atoms with Gasteiger partial charge in [0.2, 0.25) is 5.91 Å². The molecule has 2 fully saturated rings. The second-order valence-corrected chi connectivity index (χ2v) is 4.37. The molecule has 3 heteroatoms. The van der Waals surface area contributed by atoms with Gasteiger partial charge in [-0.15, -0.1) is 0 Å². The molecule has 2 unspecified atom stereocenters. The lowest BCUT2D eigenvalue weighted by Crippen LogP contribution is -2.32. The number of hydrogen-bond acceptors (Lipinski definition) is 2. The van der Waals surface area contributed by atoms with Gasteiger partial charge in [0.05, 0.1) is 13.2 Å². The standard InChI is InChI=1S/C10H18N2O/c1-8-3-2-4-9(8)6-12-7-11-5-10(12)13/h8-9,11H,2-7H2,1H3. The maximum atomic E-state index is 11.3. The number of nitrogens with one attached hydrogen (secondary N) is 1. The summed E-state index contributed by atoms with van der Waals surface area (Å²) in [6, 6.07) is 0. The van der Waals surface area contributed by atoms with Crippen LogP contribution < -0.4 is 5.32 Å². The van der Waals surface area contributed by atoms with Crippen LogP contribution in [0.4, 0.5) is 0 Å². The number of carbonyl (C=O) groups is 1. The molecular formula is C10H18N2O. The maximum Gasteiger partial charge on any atom is 0.237 e. The predicted octanol–water partition coefficient (Wildman–Crippen LogP) is 0.812. The van der Waals surface area contributed by atoms with Crippen LogP contribution in [0.25, 0.3) is 0 Å². The normalized spacial score (nSPS) is 34.5. The van der Waals surface area contributed by atoms with Crippen molar-refractivity contribution >= 4 is 5.91 Å². The van der Waals surface area contributed by atoms with Crippen LogP contribution in [0.5, 0.6) is 0 Å². The second kappa shape index (κ2) is 3.66. The van der Waals surface area contributed by atoms with Crippen molar-refractivity contribution in [2.75, 3.05) is 19.8 Å². The molecule has 2 rings (SSSR count). The van der Waals surface area contributed by atoms with E-state index in [9.17, 15) is 4.79 Å².